The number of hydrogen-bond acceptors (Lipinski definition) is 3. The van der Waals surface area contributed by atoms with Crippen LogP contribution >= 0.6 is 11.6 Å². The molecule has 0 aromatic heterocycles. The second kappa shape index (κ2) is 6.07. The van der Waals surface area contributed by atoms with Gasteiger partial charge in [0.05, 0.1) is 12.2 Å². The molecule has 1 heterocycles. The van der Waals surface area contributed by atoms with Crippen molar-refractivity contribution in [1.82, 2.24) is 5.32 Å². The molecule has 5 nitrogen and oxygen atoms in total. The molecule has 1 aliphatic heterocycles. The number of hydrogen-bond donors (Lipinski definition) is 2. The molecule has 0 fully saturated rings. The summed E-state index contributed by atoms with van der Waals surface area (Å²) >= 11 is 5.78. The Labute approximate surface area is 132 Å². The van der Waals surface area contributed by atoms with Gasteiger partial charge in [0.25, 0.3) is 11.8 Å². The number of carbonyl (C=O) groups excluding carboxylic acids is 2. The van der Waals surface area contributed by atoms with E-state index in [2.05, 4.69) is 10.6 Å². The quantitative estimate of drug-likeness (QED) is 0.914. The smallest absolute Gasteiger partial charge is 0.267 e. The maximum Gasteiger partial charge on any atom is 0.267 e. The largest absolute Gasteiger partial charge is 0.477 e. The van der Waals surface area contributed by atoms with Crippen LogP contribution in [0.5, 0.6) is 5.75 Å². The molecule has 1 atom stereocenters. The Kier molecular flexibility index (Phi) is 3.98. The molecule has 6 heteroatoms. The maximum atomic E-state index is 12.0. The van der Waals surface area contributed by atoms with Gasteiger partial charge in [-0.25, -0.2) is 0 Å². The van der Waals surface area contributed by atoms with Crippen molar-refractivity contribution in [1.29, 1.82) is 0 Å². The molecule has 1 aliphatic rings. The van der Waals surface area contributed by atoms with Crippen molar-refractivity contribution < 1.29 is 14.3 Å². The molecule has 2 aromatic carbocycles. The number of carbonyl (C=O) groups is 2. The number of para-hydroxylation sites is 2. The highest BCUT2D eigenvalue weighted by molar-refractivity contribution is 6.30. The molecule has 0 saturated carbocycles. The highest BCUT2D eigenvalue weighted by Gasteiger charge is 2.27. The molecular weight excluding hydrogens is 304 g/mol. The molecular formula is C16H13ClN2O3. The van der Waals surface area contributed by atoms with E-state index in [0.29, 0.717) is 22.0 Å². The van der Waals surface area contributed by atoms with E-state index in [0.717, 1.165) is 0 Å². The average molecular weight is 317 g/mol. The fourth-order valence-corrected chi connectivity index (χ4v) is 2.24. The minimum Gasteiger partial charge on any atom is -0.477 e. The van der Waals surface area contributed by atoms with Crippen LogP contribution in [0.2, 0.25) is 5.02 Å². The van der Waals surface area contributed by atoms with Crippen molar-refractivity contribution in [3.05, 3.63) is 59.1 Å². The Morgan fingerprint density at radius 3 is 2.68 bits per heavy atom. The van der Waals surface area contributed by atoms with Crippen LogP contribution in [0, 0.1) is 0 Å². The van der Waals surface area contributed by atoms with Crippen LogP contribution in [-0.4, -0.2) is 24.5 Å². The van der Waals surface area contributed by atoms with Crippen LogP contribution in [0.3, 0.4) is 0 Å². The van der Waals surface area contributed by atoms with E-state index in [9.17, 15) is 9.59 Å². The Morgan fingerprint density at radius 1 is 1.18 bits per heavy atom. The molecule has 0 saturated heterocycles. The van der Waals surface area contributed by atoms with Crippen LogP contribution < -0.4 is 15.4 Å². The van der Waals surface area contributed by atoms with Gasteiger partial charge in [0.15, 0.2) is 6.10 Å². The van der Waals surface area contributed by atoms with Crippen LogP contribution in [-0.2, 0) is 4.79 Å². The number of anilines is 1. The Balaban J connectivity index is 1.63. The number of rotatable bonds is 3. The summed E-state index contributed by atoms with van der Waals surface area (Å²) in [5.41, 5.74) is 1.11. The molecule has 0 aliphatic carbocycles. The van der Waals surface area contributed by atoms with E-state index in [1.54, 1.807) is 36.4 Å². The monoisotopic (exact) mass is 316 g/mol. The molecule has 0 bridgehead atoms. The van der Waals surface area contributed by atoms with Crippen molar-refractivity contribution in [2.75, 3.05) is 11.9 Å². The van der Waals surface area contributed by atoms with E-state index in [-0.39, 0.29) is 18.4 Å². The summed E-state index contributed by atoms with van der Waals surface area (Å²) in [5.74, 6) is 0.0230. The van der Waals surface area contributed by atoms with Gasteiger partial charge < -0.3 is 15.4 Å². The molecule has 2 amide bonds. The number of amides is 2. The highest BCUT2D eigenvalue weighted by atomic mass is 35.5. The maximum absolute atomic E-state index is 12.0. The van der Waals surface area contributed by atoms with Gasteiger partial charge in [-0.1, -0.05) is 23.7 Å². The number of nitrogens with one attached hydrogen (secondary N) is 2. The Bertz CT molecular complexity index is 716. The number of halogens is 1. The summed E-state index contributed by atoms with van der Waals surface area (Å²) in [7, 11) is 0. The normalized spacial score (nSPS) is 16.2. The van der Waals surface area contributed by atoms with E-state index in [1.807, 2.05) is 12.1 Å². The minimum absolute atomic E-state index is 0.0849. The van der Waals surface area contributed by atoms with Gasteiger partial charge in [0.1, 0.15) is 5.75 Å². The molecule has 22 heavy (non-hydrogen) atoms. The third-order valence-corrected chi connectivity index (χ3v) is 3.51. The first-order chi connectivity index (χ1) is 10.6. The van der Waals surface area contributed by atoms with E-state index >= 15 is 0 Å². The first kappa shape index (κ1) is 14.4. The van der Waals surface area contributed by atoms with Crippen molar-refractivity contribution in [2.24, 2.45) is 0 Å². The van der Waals surface area contributed by atoms with Crippen molar-refractivity contribution in [3.63, 3.8) is 0 Å². The Hall–Kier alpha value is -2.53. The van der Waals surface area contributed by atoms with Crippen LogP contribution in [0.25, 0.3) is 0 Å². The van der Waals surface area contributed by atoms with Gasteiger partial charge in [-0.3, -0.25) is 9.59 Å². The lowest BCUT2D eigenvalue weighted by atomic mass is 10.2. The standard InChI is InChI=1S/C16H13ClN2O3/c17-11-7-5-10(6-8-11)15(20)18-9-14-16(21)19-12-3-1-2-4-13(12)22-14/h1-8,14H,9H2,(H,18,20)(H,19,21). The van der Waals surface area contributed by atoms with Crippen LogP contribution in [0.1, 0.15) is 10.4 Å². The summed E-state index contributed by atoms with van der Waals surface area (Å²) in [6.07, 6.45) is -0.758. The lowest BCUT2D eigenvalue weighted by Crippen LogP contribution is -2.45. The SMILES string of the molecule is O=C(NCC1Oc2ccccc2NC1=O)c1ccc(Cl)cc1. The molecule has 0 spiro atoms. The topological polar surface area (TPSA) is 67.4 Å². The number of fused-ring (bicyclic) bond motifs is 1. The molecule has 2 aromatic rings. The van der Waals surface area contributed by atoms with Crippen LogP contribution in [0.15, 0.2) is 48.5 Å². The van der Waals surface area contributed by atoms with Crippen molar-refractivity contribution >= 4 is 29.1 Å². The highest BCUT2D eigenvalue weighted by Crippen LogP contribution is 2.28. The van der Waals surface area contributed by atoms with E-state index < -0.39 is 6.10 Å². The summed E-state index contributed by atoms with van der Waals surface area (Å²) in [6.45, 7) is 0.0849. The molecule has 0 radical (unpaired) electrons. The predicted molar refractivity (Wildman–Crippen MR) is 83.3 cm³/mol. The summed E-state index contributed by atoms with van der Waals surface area (Å²) in [4.78, 5) is 24.0. The lowest BCUT2D eigenvalue weighted by Gasteiger charge is -2.25. The minimum atomic E-state index is -0.758. The summed E-state index contributed by atoms with van der Waals surface area (Å²) < 4.78 is 5.60. The first-order valence-electron chi connectivity index (χ1n) is 6.74. The molecule has 2 N–H and O–H groups in total. The van der Waals surface area contributed by atoms with Gasteiger partial charge in [-0.15, -0.1) is 0 Å². The van der Waals surface area contributed by atoms with Gasteiger partial charge in [-0.2, -0.15) is 0 Å². The Morgan fingerprint density at radius 2 is 1.91 bits per heavy atom. The third-order valence-electron chi connectivity index (χ3n) is 3.26. The van der Waals surface area contributed by atoms with Crippen LogP contribution in [0.4, 0.5) is 5.69 Å². The zero-order valence-electron chi connectivity index (χ0n) is 11.5. The molecule has 112 valence electrons. The van der Waals surface area contributed by atoms with Gasteiger partial charge >= 0.3 is 0 Å². The third kappa shape index (κ3) is 3.04. The van der Waals surface area contributed by atoms with E-state index in [4.69, 9.17) is 16.3 Å². The van der Waals surface area contributed by atoms with Gasteiger partial charge in [0, 0.05) is 10.6 Å². The van der Waals surface area contributed by atoms with Gasteiger partial charge in [0.2, 0.25) is 0 Å². The number of ether oxygens (including phenoxy) is 1. The summed E-state index contributed by atoms with van der Waals surface area (Å²) in [6, 6.07) is 13.7. The van der Waals surface area contributed by atoms with Crippen molar-refractivity contribution in [3.8, 4) is 5.75 Å². The fourth-order valence-electron chi connectivity index (χ4n) is 2.12. The zero-order chi connectivity index (χ0) is 15.5. The lowest BCUT2D eigenvalue weighted by molar-refractivity contribution is -0.123. The second-order valence-electron chi connectivity index (χ2n) is 4.81. The average Bonchev–Trinajstić information content (AvgIpc) is 2.53. The molecule has 3 rings (SSSR count). The molecule has 1 unspecified atom stereocenters. The van der Waals surface area contributed by atoms with Gasteiger partial charge in [-0.05, 0) is 36.4 Å². The predicted octanol–water partition coefficient (Wildman–Crippen LogP) is 2.47. The summed E-state index contributed by atoms with van der Waals surface area (Å²) in [5, 5.41) is 5.99. The first-order valence-corrected chi connectivity index (χ1v) is 7.11. The second-order valence-corrected chi connectivity index (χ2v) is 5.25. The van der Waals surface area contributed by atoms with E-state index in [1.165, 1.54) is 0 Å². The number of benzene rings is 2. The zero-order valence-corrected chi connectivity index (χ0v) is 12.3. The van der Waals surface area contributed by atoms with Crippen molar-refractivity contribution in [2.45, 2.75) is 6.10 Å². The fraction of sp³-hybridized carbons (Fsp3) is 0.125.